The minimum absolute atomic E-state index is 0.0504. The number of benzene rings is 1. The van der Waals surface area contributed by atoms with Crippen LogP contribution in [0.2, 0.25) is 0 Å². The van der Waals surface area contributed by atoms with Gasteiger partial charge in [0.2, 0.25) is 0 Å². The fourth-order valence-electron chi connectivity index (χ4n) is 2.61. The molecule has 1 aromatic rings. The molecule has 0 bridgehead atoms. The maximum absolute atomic E-state index is 12.3. The van der Waals surface area contributed by atoms with Crippen molar-refractivity contribution >= 4 is 5.91 Å². The SMILES string of the molecule is CCN1CCCC(NC(=O)c2cccc(C#CCO)c2)C1. The van der Waals surface area contributed by atoms with Crippen molar-refractivity contribution in [3.63, 3.8) is 0 Å². The molecule has 4 heteroatoms. The molecule has 1 fully saturated rings. The van der Waals surface area contributed by atoms with Gasteiger partial charge in [0.15, 0.2) is 0 Å². The van der Waals surface area contributed by atoms with Gasteiger partial charge in [0.25, 0.3) is 5.91 Å². The van der Waals surface area contributed by atoms with Crippen molar-refractivity contribution in [1.82, 2.24) is 10.2 Å². The Kier molecular flexibility index (Phi) is 5.79. The lowest BCUT2D eigenvalue weighted by Gasteiger charge is -2.32. The van der Waals surface area contributed by atoms with E-state index in [1.807, 2.05) is 12.1 Å². The molecule has 21 heavy (non-hydrogen) atoms. The summed E-state index contributed by atoms with van der Waals surface area (Å²) in [4.78, 5) is 14.7. The summed E-state index contributed by atoms with van der Waals surface area (Å²) in [7, 11) is 0. The summed E-state index contributed by atoms with van der Waals surface area (Å²) in [5, 5.41) is 11.8. The molecule has 2 N–H and O–H groups in total. The second kappa shape index (κ2) is 7.82. The molecular weight excluding hydrogens is 264 g/mol. The summed E-state index contributed by atoms with van der Waals surface area (Å²) in [5.41, 5.74) is 1.36. The molecule has 1 atom stereocenters. The standard InChI is InChI=1S/C17H22N2O2/c1-2-19-10-4-9-16(13-19)18-17(21)15-8-3-6-14(12-15)7-5-11-20/h3,6,8,12,16,20H,2,4,9-11,13H2,1H3,(H,18,21). The van der Waals surface area contributed by atoms with Crippen molar-refractivity contribution in [3.05, 3.63) is 35.4 Å². The van der Waals surface area contributed by atoms with E-state index in [1.165, 1.54) is 0 Å². The lowest BCUT2D eigenvalue weighted by atomic mass is 10.0. The van der Waals surface area contributed by atoms with Gasteiger partial charge < -0.3 is 15.3 Å². The Labute approximate surface area is 126 Å². The first-order valence-corrected chi connectivity index (χ1v) is 7.46. The Morgan fingerprint density at radius 2 is 2.38 bits per heavy atom. The summed E-state index contributed by atoms with van der Waals surface area (Å²) in [6.45, 7) is 5.04. The fraction of sp³-hybridized carbons (Fsp3) is 0.471. The molecule has 0 aliphatic carbocycles. The maximum atomic E-state index is 12.3. The first kappa shape index (κ1) is 15.6. The van der Waals surface area contributed by atoms with Crippen LogP contribution in [0.1, 0.15) is 35.7 Å². The molecule has 2 rings (SSSR count). The predicted octanol–water partition coefficient (Wildman–Crippen LogP) is 1.24. The molecule has 0 spiro atoms. The van der Waals surface area contributed by atoms with Gasteiger partial charge in [0.1, 0.15) is 6.61 Å². The van der Waals surface area contributed by atoms with Crippen LogP contribution in [0.5, 0.6) is 0 Å². The van der Waals surface area contributed by atoms with Gasteiger partial charge in [-0.1, -0.05) is 24.8 Å². The number of aliphatic hydroxyl groups is 1. The largest absolute Gasteiger partial charge is 0.384 e. The molecule has 1 aliphatic rings. The summed E-state index contributed by atoms with van der Waals surface area (Å²) in [5.74, 6) is 5.36. The molecule has 1 saturated heterocycles. The summed E-state index contributed by atoms with van der Waals surface area (Å²) in [6.07, 6.45) is 2.16. The average molecular weight is 286 g/mol. The average Bonchev–Trinajstić information content (AvgIpc) is 2.53. The van der Waals surface area contributed by atoms with E-state index in [4.69, 9.17) is 5.11 Å². The van der Waals surface area contributed by atoms with Crippen LogP contribution in [0.15, 0.2) is 24.3 Å². The van der Waals surface area contributed by atoms with E-state index >= 15 is 0 Å². The third-order valence-corrected chi connectivity index (χ3v) is 3.72. The number of carbonyl (C=O) groups excluding carboxylic acids is 1. The van der Waals surface area contributed by atoms with E-state index in [9.17, 15) is 4.79 Å². The topological polar surface area (TPSA) is 52.6 Å². The minimum Gasteiger partial charge on any atom is -0.384 e. The number of amides is 1. The highest BCUT2D eigenvalue weighted by atomic mass is 16.2. The van der Waals surface area contributed by atoms with Crippen molar-refractivity contribution in [2.45, 2.75) is 25.8 Å². The van der Waals surface area contributed by atoms with Gasteiger partial charge >= 0.3 is 0 Å². The third kappa shape index (κ3) is 4.59. The van der Waals surface area contributed by atoms with E-state index in [2.05, 4.69) is 29.0 Å². The summed E-state index contributed by atoms with van der Waals surface area (Å²) < 4.78 is 0. The first-order chi connectivity index (χ1) is 10.2. The Morgan fingerprint density at radius 1 is 1.52 bits per heavy atom. The number of hydrogen-bond acceptors (Lipinski definition) is 3. The summed E-state index contributed by atoms with van der Waals surface area (Å²) >= 11 is 0. The van der Waals surface area contributed by atoms with E-state index < -0.39 is 0 Å². The van der Waals surface area contributed by atoms with Crippen LogP contribution in [0.4, 0.5) is 0 Å². The molecule has 1 aliphatic heterocycles. The third-order valence-electron chi connectivity index (χ3n) is 3.72. The number of likely N-dealkylation sites (N-methyl/N-ethyl adjacent to an activating group) is 1. The summed E-state index contributed by atoms with van der Waals surface area (Å²) in [6, 6.07) is 7.42. The number of piperidine rings is 1. The van der Waals surface area contributed by atoms with Gasteiger partial charge in [0.05, 0.1) is 0 Å². The molecule has 0 saturated carbocycles. The number of likely N-dealkylation sites (tertiary alicyclic amines) is 1. The zero-order chi connectivity index (χ0) is 15.1. The Bertz CT molecular complexity index is 545. The van der Waals surface area contributed by atoms with Crippen LogP contribution in [0, 0.1) is 11.8 Å². The highest BCUT2D eigenvalue weighted by Crippen LogP contribution is 2.11. The Balaban J connectivity index is 1.99. The van der Waals surface area contributed by atoms with Crippen LogP contribution in [-0.4, -0.2) is 48.2 Å². The van der Waals surface area contributed by atoms with Crippen molar-refractivity contribution in [2.75, 3.05) is 26.2 Å². The van der Waals surface area contributed by atoms with Crippen molar-refractivity contribution in [1.29, 1.82) is 0 Å². The van der Waals surface area contributed by atoms with Crippen LogP contribution < -0.4 is 5.32 Å². The van der Waals surface area contributed by atoms with Crippen LogP contribution in [0.3, 0.4) is 0 Å². The molecule has 1 amide bonds. The van der Waals surface area contributed by atoms with Crippen LogP contribution >= 0.6 is 0 Å². The zero-order valence-electron chi connectivity index (χ0n) is 12.4. The Morgan fingerprint density at radius 3 is 3.14 bits per heavy atom. The van der Waals surface area contributed by atoms with Crippen LogP contribution in [0.25, 0.3) is 0 Å². The molecule has 112 valence electrons. The molecule has 0 radical (unpaired) electrons. The molecular formula is C17H22N2O2. The van der Waals surface area contributed by atoms with Gasteiger partial charge in [-0.05, 0) is 44.1 Å². The predicted molar refractivity (Wildman–Crippen MR) is 83.0 cm³/mol. The van der Waals surface area contributed by atoms with E-state index in [0.717, 1.165) is 38.0 Å². The molecule has 1 aromatic carbocycles. The van der Waals surface area contributed by atoms with Gasteiger partial charge in [-0.3, -0.25) is 4.79 Å². The highest BCUT2D eigenvalue weighted by molar-refractivity contribution is 5.94. The first-order valence-electron chi connectivity index (χ1n) is 7.46. The number of nitrogens with zero attached hydrogens (tertiary/aromatic N) is 1. The number of carbonyl (C=O) groups is 1. The number of hydrogen-bond donors (Lipinski definition) is 2. The molecule has 1 heterocycles. The number of nitrogens with one attached hydrogen (secondary N) is 1. The smallest absolute Gasteiger partial charge is 0.251 e. The van der Waals surface area contributed by atoms with E-state index in [1.54, 1.807) is 12.1 Å². The Hall–Kier alpha value is -1.83. The second-order valence-electron chi connectivity index (χ2n) is 5.25. The van der Waals surface area contributed by atoms with Crippen LogP contribution in [-0.2, 0) is 0 Å². The van der Waals surface area contributed by atoms with Gasteiger partial charge in [-0.15, -0.1) is 0 Å². The zero-order valence-corrected chi connectivity index (χ0v) is 12.4. The second-order valence-corrected chi connectivity index (χ2v) is 5.25. The van der Waals surface area contributed by atoms with Gasteiger partial charge in [0, 0.05) is 23.7 Å². The van der Waals surface area contributed by atoms with Gasteiger partial charge in [-0.25, -0.2) is 0 Å². The van der Waals surface area contributed by atoms with E-state index in [0.29, 0.717) is 5.56 Å². The van der Waals surface area contributed by atoms with Crippen molar-refractivity contribution < 1.29 is 9.90 Å². The molecule has 4 nitrogen and oxygen atoms in total. The molecule has 1 unspecified atom stereocenters. The maximum Gasteiger partial charge on any atom is 0.251 e. The van der Waals surface area contributed by atoms with Gasteiger partial charge in [-0.2, -0.15) is 0 Å². The quantitative estimate of drug-likeness (QED) is 0.822. The number of aliphatic hydroxyl groups excluding tert-OH is 1. The highest BCUT2D eigenvalue weighted by Gasteiger charge is 2.20. The number of rotatable bonds is 3. The van der Waals surface area contributed by atoms with E-state index in [-0.39, 0.29) is 18.6 Å². The lowest BCUT2D eigenvalue weighted by molar-refractivity contribution is 0.0906. The monoisotopic (exact) mass is 286 g/mol. The minimum atomic E-state index is -0.175. The van der Waals surface area contributed by atoms with Crippen molar-refractivity contribution in [2.24, 2.45) is 0 Å². The normalized spacial score (nSPS) is 18.7. The lowest BCUT2D eigenvalue weighted by Crippen LogP contribution is -2.47. The fourth-order valence-corrected chi connectivity index (χ4v) is 2.61. The van der Waals surface area contributed by atoms with Crippen molar-refractivity contribution in [3.8, 4) is 11.8 Å². The molecule has 0 aromatic heterocycles.